The molecular formula is C16H19ClO5. The van der Waals surface area contributed by atoms with Gasteiger partial charge in [-0.1, -0.05) is 11.6 Å². The molecule has 0 aliphatic rings. The van der Waals surface area contributed by atoms with Gasteiger partial charge in [-0.15, -0.1) is 0 Å². The fourth-order valence-corrected chi connectivity index (χ4v) is 1.90. The molecule has 0 bridgehead atoms. The molecule has 1 atom stereocenters. The monoisotopic (exact) mass is 326 g/mol. The predicted octanol–water partition coefficient (Wildman–Crippen LogP) is 3.28. The van der Waals surface area contributed by atoms with Crippen molar-refractivity contribution in [3.8, 4) is 11.5 Å². The minimum Gasteiger partial charge on any atom is -0.491 e. The van der Waals surface area contributed by atoms with Gasteiger partial charge in [0, 0.05) is 6.08 Å². The van der Waals surface area contributed by atoms with Gasteiger partial charge in [0.05, 0.1) is 18.7 Å². The maximum Gasteiger partial charge on any atom is 0.331 e. The molecule has 22 heavy (non-hydrogen) atoms. The number of benzene rings is 1. The average Bonchev–Trinajstić information content (AvgIpc) is 2.45. The second-order valence-corrected chi connectivity index (χ2v) is 4.90. The van der Waals surface area contributed by atoms with E-state index in [1.54, 1.807) is 12.1 Å². The highest BCUT2D eigenvalue weighted by Crippen LogP contribution is 2.36. The summed E-state index contributed by atoms with van der Waals surface area (Å²) in [7, 11) is 1.50. The smallest absolute Gasteiger partial charge is 0.331 e. The topological polar surface area (TPSA) is 61.8 Å². The van der Waals surface area contributed by atoms with E-state index in [-0.39, 0.29) is 5.78 Å². The fraction of sp³-hybridized carbons (Fsp3) is 0.375. The molecule has 0 saturated heterocycles. The molecule has 0 unspecified atom stereocenters. The molecule has 1 aromatic carbocycles. The number of ether oxygens (including phenoxy) is 3. The van der Waals surface area contributed by atoms with Gasteiger partial charge in [0.2, 0.25) is 0 Å². The minimum absolute atomic E-state index is 0.215. The molecule has 0 aliphatic carbocycles. The Bertz CT molecular complexity index is 580. The molecule has 1 aromatic rings. The number of rotatable bonds is 7. The molecular weight excluding hydrogens is 308 g/mol. The molecule has 0 spiro atoms. The summed E-state index contributed by atoms with van der Waals surface area (Å²) in [5.74, 6) is 0.108. The van der Waals surface area contributed by atoms with Crippen molar-refractivity contribution in [1.82, 2.24) is 0 Å². The molecule has 0 radical (unpaired) electrons. The molecule has 1 rings (SSSR count). The van der Waals surface area contributed by atoms with Crippen LogP contribution in [0.1, 0.15) is 26.3 Å². The Kier molecular flexibility index (Phi) is 6.92. The first kappa shape index (κ1) is 18.0. The van der Waals surface area contributed by atoms with Crippen LogP contribution in [0.5, 0.6) is 11.5 Å². The number of hydrogen-bond donors (Lipinski definition) is 0. The van der Waals surface area contributed by atoms with E-state index in [2.05, 4.69) is 0 Å². The highest BCUT2D eigenvalue weighted by molar-refractivity contribution is 6.32. The van der Waals surface area contributed by atoms with E-state index in [9.17, 15) is 9.59 Å². The number of Topliss-reactive ketones (excluding diaryl/α,β-unsaturated/α-hetero) is 1. The highest BCUT2D eigenvalue weighted by Gasteiger charge is 2.12. The third kappa shape index (κ3) is 5.07. The van der Waals surface area contributed by atoms with Crippen molar-refractivity contribution in [3.05, 3.63) is 28.8 Å². The normalized spacial score (nSPS) is 12.0. The molecule has 120 valence electrons. The quantitative estimate of drug-likeness (QED) is 0.568. The lowest BCUT2D eigenvalue weighted by atomic mass is 10.2. The van der Waals surface area contributed by atoms with Crippen molar-refractivity contribution in [2.45, 2.75) is 26.9 Å². The first-order chi connectivity index (χ1) is 10.4. The van der Waals surface area contributed by atoms with Gasteiger partial charge >= 0.3 is 5.97 Å². The molecule has 0 aromatic heterocycles. The number of esters is 1. The Balaban J connectivity index is 2.91. The van der Waals surface area contributed by atoms with Crippen molar-refractivity contribution < 1.29 is 23.8 Å². The minimum atomic E-state index is -0.768. The third-order valence-electron chi connectivity index (χ3n) is 2.81. The Morgan fingerprint density at radius 3 is 2.59 bits per heavy atom. The SMILES string of the molecule is CCOc1cc(/C=C/C(=O)O[C@H](C)C(C)=O)cc(Cl)c1OC. The second-order valence-electron chi connectivity index (χ2n) is 4.49. The van der Waals surface area contributed by atoms with Crippen LogP contribution in [-0.2, 0) is 14.3 Å². The molecule has 0 fully saturated rings. The number of carbonyl (C=O) groups is 2. The van der Waals surface area contributed by atoms with Crippen molar-refractivity contribution in [2.24, 2.45) is 0 Å². The fourth-order valence-electron chi connectivity index (χ4n) is 1.61. The van der Waals surface area contributed by atoms with Crippen LogP contribution < -0.4 is 9.47 Å². The lowest BCUT2D eigenvalue weighted by Gasteiger charge is -2.12. The predicted molar refractivity (Wildman–Crippen MR) is 84.4 cm³/mol. The van der Waals surface area contributed by atoms with Crippen LogP contribution in [0.4, 0.5) is 0 Å². The zero-order valence-corrected chi connectivity index (χ0v) is 13.8. The molecule has 5 nitrogen and oxygen atoms in total. The average molecular weight is 327 g/mol. The van der Waals surface area contributed by atoms with E-state index in [1.165, 1.54) is 33.1 Å². The lowest BCUT2D eigenvalue weighted by Crippen LogP contribution is -2.20. The van der Waals surface area contributed by atoms with Crippen LogP contribution >= 0.6 is 11.6 Å². The van der Waals surface area contributed by atoms with Crippen LogP contribution in [0.15, 0.2) is 18.2 Å². The second kappa shape index (κ2) is 8.44. The Morgan fingerprint density at radius 1 is 1.36 bits per heavy atom. The summed E-state index contributed by atoms with van der Waals surface area (Å²) in [6.07, 6.45) is 1.99. The van der Waals surface area contributed by atoms with Crippen molar-refractivity contribution in [2.75, 3.05) is 13.7 Å². The Morgan fingerprint density at radius 2 is 2.05 bits per heavy atom. The van der Waals surface area contributed by atoms with E-state index in [1.807, 2.05) is 6.92 Å². The number of carbonyl (C=O) groups excluding carboxylic acids is 2. The summed E-state index contributed by atoms with van der Waals surface area (Å²) >= 11 is 6.11. The molecule has 6 heteroatoms. The Labute approximate surface area is 134 Å². The van der Waals surface area contributed by atoms with Gasteiger partial charge in [0.15, 0.2) is 23.4 Å². The van der Waals surface area contributed by atoms with Gasteiger partial charge in [-0.25, -0.2) is 4.79 Å². The van der Waals surface area contributed by atoms with E-state index >= 15 is 0 Å². The van der Waals surface area contributed by atoms with Crippen LogP contribution in [0.25, 0.3) is 6.08 Å². The van der Waals surface area contributed by atoms with Crippen LogP contribution in [0.3, 0.4) is 0 Å². The van der Waals surface area contributed by atoms with E-state index in [4.69, 9.17) is 25.8 Å². The maximum atomic E-state index is 11.6. The van der Waals surface area contributed by atoms with Crippen LogP contribution in [0.2, 0.25) is 5.02 Å². The third-order valence-corrected chi connectivity index (χ3v) is 3.09. The highest BCUT2D eigenvalue weighted by atomic mass is 35.5. The van der Waals surface area contributed by atoms with Gasteiger partial charge < -0.3 is 14.2 Å². The summed E-state index contributed by atoms with van der Waals surface area (Å²) in [6.45, 7) is 5.18. The summed E-state index contributed by atoms with van der Waals surface area (Å²) in [6, 6.07) is 3.34. The Hall–Kier alpha value is -2.01. The van der Waals surface area contributed by atoms with Crippen molar-refractivity contribution in [1.29, 1.82) is 0 Å². The van der Waals surface area contributed by atoms with Crippen LogP contribution in [0, 0.1) is 0 Å². The van der Waals surface area contributed by atoms with Gasteiger partial charge in [-0.05, 0) is 44.5 Å². The number of halogens is 1. The largest absolute Gasteiger partial charge is 0.491 e. The number of methoxy groups -OCH3 is 1. The van der Waals surface area contributed by atoms with E-state index in [0.29, 0.717) is 28.7 Å². The van der Waals surface area contributed by atoms with Gasteiger partial charge in [-0.2, -0.15) is 0 Å². The summed E-state index contributed by atoms with van der Waals surface area (Å²) in [5.41, 5.74) is 0.654. The first-order valence-corrected chi connectivity index (χ1v) is 7.16. The molecule has 0 amide bonds. The van der Waals surface area contributed by atoms with Crippen molar-refractivity contribution in [3.63, 3.8) is 0 Å². The molecule has 0 saturated carbocycles. The van der Waals surface area contributed by atoms with E-state index in [0.717, 1.165) is 0 Å². The molecule has 0 heterocycles. The van der Waals surface area contributed by atoms with Gasteiger partial charge in [0.1, 0.15) is 0 Å². The summed E-state index contributed by atoms with van der Waals surface area (Å²) in [4.78, 5) is 22.6. The van der Waals surface area contributed by atoms with E-state index < -0.39 is 12.1 Å². The standard InChI is InChI=1S/C16H19ClO5/c1-5-21-14-9-12(8-13(17)16(14)20-4)6-7-15(19)22-11(3)10(2)18/h6-9,11H,5H2,1-4H3/b7-6+/t11-/m1/s1. The first-order valence-electron chi connectivity index (χ1n) is 6.78. The number of hydrogen-bond acceptors (Lipinski definition) is 5. The number of ketones is 1. The maximum absolute atomic E-state index is 11.6. The van der Waals surface area contributed by atoms with Crippen molar-refractivity contribution >= 4 is 29.4 Å². The zero-order chi connectivity index (χ0) is 16.7. The lowest BCUT2D eigenvalue weighted by molar-refractivity contribution is -0.148. The van der Waals surface area contributed by atoms with Crippen LogP contribution in [-0.4, -0.2) is 31.6 Å². The van der Waals surface area contributed by atoms with Gasteiger partial charge in [0.25, 0.3) is 0 Å². The zero-order valence-electron chi connectivity index (χ0n) is 13.0. The molecule has 0 N–H and O–H groups in total. The van der Waals surface area contributed by atoms with Gasteiger partial charge in [-0.3, -0.25) is 4.79 Å². The summed E-state index contributed by atoms with van der Waals surface area (Å²) < 4.78 is 15.5. The molecule has 0 aliphatic heterocycles. The summed E-state index contributed by atoms with van der Waals surface area (Å²) in [5, 5.41) is 0.374.